The third kappa shape index (κ3) is 4.53. The van der Waals surface area contributed by atoms with E-state index in [4.69, 9.17) is 0 Å². The topological polar surface area (TPSA) is 47.6 Å². The van der Waals surface area contributed by atoms with E-state index in [0.717, 1.165) is 51.4 Å². The largest absolute Gasteiger partial charge is 0.326 e. The first-order valence-electron chi connectivity index (χ1n) is 8.80. The molecule has 0 radical (unpaired) electrons. The molecule has 23 heavy (non-hydrogen) atoms. The molecule has 0 aromatic heterocycles. The molecule has 2 fully saturated rings. The Hall–Kier alpha value is -1.43. The molecule has 1 atom stereocenters. The van der Waals surface area contributed by atoms with Crippen LogP contribution in [0.5, 0.6) is 0 Å². The zero-order chi connectivity index (χ0) is 16.1. The summed E-state index contributed by atoms with van der Waals surface area (Å²) >= 11 is 0. The van der Waals surface area contributed by atoms with Gasteiger partial charge in [0.05, 0.1) is 5.92 Å². The molecule has 1 aromatic carbocycles. The number of amides is 1. The lowest BCUT2D eigenvalue weighted by Crippen LogP contribution is -2.45. The Labute approximate surface area is 139 Å². The standard InChI is InChI=1S/C18H28N4O/c1-2-21-9-11-22(12-10-21)14-15-3-5-17(6-4-15)20-18(23)16-7-8-19-13-16/h3-6,16,19H,2,7-14H2,1H3,(H,20,23). The Balaban J connectivity index is 1.48. The second-order valence-corrected chi connectivity index (χ2v) is 6.59. The van der Waals surface area contributed by atoms with Crippen molar-refractivity contribution < 1.29 is 4.79 Å². The maximum absolute atomic E-state index is 12.1. The minimum atomic E-state index is 0.115. The summed E-state index contributed by atoms with van der Waals surface area (Å²) in [5.74, 6) is 0.253. The molecule has 0 bridgehead atoms. The smallest absolute Gasteiger partial charge is 0.228 e. The molecular formula is C18H28N4O. The van der Waals surface area contributed by atoms with E-state index in [1.54, 1.807) is 0 Å². The van der Waals surface area contributed by atoms with E-state index in [9.17, 15) is 4.79 Å². The van der Waals surface area contributed by atoms with Crippen LogP contribution < -0.4 is 10.6 Å². The van der Waals surface area contributed by atoms with Gasteiger partial charge in [-0.15, -0.1) is 0 Å². The predicted octanol–water partition coefficient (Wildman–Crippen LogP) is 1.37. The number of anilines is 1. The minimum Gasteiger partial charge on any atom is -0.326 e. The lowest BCUT2D eigenvalue weighted by Gasteiger charge is -2.34. The quantitative estimate of drug-likeness (QED) is 0.861. The summed E-state index contributed by atoms with van der Waals surface area (Å²) in [6, 6.07) is 8.32. The van der Waals surface area contributed by atoms with Gasteiger partial charge < -0.3 is 15.5 Å². The van der Waals surface area contributed by atoms with Gasteiger partial charge in [-0.3, -0.25) is 9.69 Å². The van der Waals surface area contributed by atoms with E-state index >= 15 is 0 Å². The van der Waals surface area contributed by atoms with Crippen LogP contribution in [-0.2, 0) is 11.3 Å². The monoisotopic (exact) mass is 316 g/mol. The molecule has 0 spiro atoms. The van der Waals surface area contributed by atoms with Crippen molar-refractivity contribution in [2.24, 2.45) is 5.92 Å². The number of carbonyl (C=O) groups excluding carboxylic acids is 1. The highest BCUT2D eigenvalue weighted by molar-refractivity contribution is 5.92. The molecular weight excluding hydrogens is 288 g/mol. The summed E-state index contributed by atoms with van der Waals surface area (Å²) < 4.78 is 0. The van der Waals surface area contributed by atoms with Crippen molar-refractivity contribution >= 4 is 11.6 Å². The highest BCUT2D eigenvalue weighted by atomic mass is 16.1. The average Bonchev–Trinajstić information content (AvgIpc) is 3.12. The Bertz CT molecular complexity index is 502. The SMILES string of the molecule is CCN1CCN(Cc2ccc(NC(=O)C3CCNC3)cc2)CC1. The van der Waals surface area contributed by atoms with Crippen LogP contribution in [0.2, 0.25) is 0 Å². The Morgan fingerprint density at radius 3 is 2.48 bits per heavy atom. The Morgan fingerprint density at radius 2 is 1.87 bits per heavy atom. The van der Waals surface area contributed by atoms with Crippen molar-refractivity contribution in [3.8, 4) is 0 Å². The first-order valence-corrected chi connectivity index (χ1v) is 8.80. The van der Waals surface area contributed by atoms with Gasteiger partial charge in [0.25, 0.3) is 0 Å². The fourth-order valence-corrected chi connectivity index (χ4v) is 3.34. The highest BCUT2D eigenvalue weighted by Gasteiger charge is 2.22. The average molecular weight is 316 g/mol. The van der Waals surface area contributed by atoms with Gasteiger partial charge in [0.2, 0.25) is 5.91 Å². The summed E-state index contributed by atoms with van der Waals surface area (Å²) in [6.45, 7) is 10.7. The Morgan fingerprint density at radius 1 is 1.17 bits per heavy atom. The molecule has 5 nitrogen and oxygen atoms in total. The van der Waals surface area contributed by atoms with Crippen molar-refractivity contribution in [1.82, 2.24) is 15.1 Å². The molecule has 2 aliphatic rings. The van der Waals surface area contributed by atoms with Crippen LogP contribution in [0.15, 0.2) is 24.3 Å². The third-order valence-electron chi connectivity index (χ3n) is 4.97. The number of nitrogens with zero attached hydrogens (tertiary/aromatic N) is 2. The van der Waals surface area contributed by atoms with E-state index in [2.05, 4.69) is 39.5 Å². The summed E-state index contributed by atoms with van der Waals surface area (Å²) in [6.07, 6.45) is 0.938. The van der Waals surface area contributed by atoms with E-state index < -0.39 is 0 Å². The molecule has 3 rings (SSSR count). The highest BCUT2D eigenvalue weighted by Crippen LogP contribution is 2.15. The Kier molecular flexibility index (Phi) is 5.65. The molecule has 1 aromatic rings. The molecule has 1 amide bonds. The molecule has 2 N–H and O–H groups in total. The number of carbonyl (C=O) groups is 1. The van der Waals surface area contributed by atoms with Gasteiger partial charge in [-0.25, -0.2) is 0 Å². The number of nitrogens with one attached hydrogen (secondary N) is 2. The zero-order valence-electron chi connectivity index (χ0n) is 14.1. The molecule has 2 heterocycles. The second-order valence-electron chi connectivity index (χ2n) is 6.59. The number of rotatable bonds is 5. The number of hydrogen-bond donors (Lipinski definition) is 2. The first-order chi connectivity index (χ1) is 11.2. The summed E-state index contributed by atoms with van der Waals surface area (Å²) in [5, 5.41) is 6.26. The van der Waals surface area contributed by atoms with Gasteiger partial charge >= 0.3 is 0 Å². The summed E-state index contributed by atoms with van der Waals surface area (Å²) in [5.41, 5.74) is 2.22. The van der Waals surface area contributed by atoms with Crippen LogP contribution in [0.25, 0.3) is 0 Å². The van der Waals surface area contributed by atoms with E-state index in [-0.39, 0.29) is 11.8 Å². The zero-order valence-corrected chi connectivity index (χ0v) is 14.1. The second kappa shape index (κ2) is 7.90. The van der Waals surface area contributed by atoms with Crippen molar-refractivity contribution in [2.45, 2.75) is 19.9 Å². The van der Waals surface area contributed by atoms with Gasteiger partial charge in [0.1, 0.15) is 0 Å². The maximum Gasteiger partial charge on any atom is 0.228 e. The van der Waals surface area contributed by atoms with Crippen molar-refractivity contribution in [3.05, 3.63) is 29.8 Å². The fraction of sp³-hybridized carbons (Fsp3) is 0.611. The first kappa shape index (κ1) is 16.4. The predicted molar refractivity (Wildman–Crippen MR) is 93.4 cm³/mol. The van der Waals surface area contributed by atoms with Crippen LogP contribution in [0.3, 0.4) is 0 Å². The van der Waals surface area contributed by atoms with Gasteiger partial charge in [-0.1, -0.05) is 19.1 Å². The van der Waals surface area contributed by atoms with Crippen LogP contribution in [0.4, 0.5) is 5.69 Å². The molecule has 2 aliphatic heterocycles. The normalized spacial score (nSPS) is 23.1. The van der Waals surface area contributed by atoms with E-state index in [0.29, 0.717) is 0 Å². The van der Waals surface area contributed by atoms with Crippen LogP contribution in [-0.4, -0.2) is 61.5 Å². The number of benzene rings is 1. The molecule has 0 saturated carbocycles. The lowest BCUT2D eigenvalue weighted by atomic mass is 10.1. The van der Waals surface area contributed by atoms with Crippen molar-refractivity contribution in [3.63, 3.8) is 0 Å². The van der Waals surface area contributed by atoms with Crippen LogP contribution in [0, 0.1) is 5.92 Å². The summed E-state index contributed by atoms with van der Waals surface area (Å²) in [4.78, 5) is 17.1. The minimum absolute atomic E-state index is 0.115. The molecule has 0 aliphatic carbocycles. The third-order valence-corrected chi connectivity index (χ3v) is 4.97. The van der Waals surface area contributed by atoms with Crippen molar-refractivity contribution in [1.29, 1.82) is 0 Å². The molecule has 5 heteroatoms. The number of likely N-dealkylation sites (N-methyl/N-ethyl adjacent to an activating group) is 1. The molecule has 126 valence electrons. The summed E-state index contributed by atoms with van der Waals surface area (Å²) in [7, 11) is 0. The maximum atomic E-state index is 12.1. The number of piperazine rings is 1. The fourth-order valence-electron chi connectivity index (χ4n) is 3.34. The number of hydrogen-bond acceptors (Lipinski definition) is 4. The molecule has 1 unspecified atom stereocenters. The van der Waals surface area contributed by atoms with Gasteiger partial charge in [-0.2, -0.15) is 0 Å². The lowest BCUT2D eigenvalue weighted by molar-refractivity contribution is -0.119. The van der Waals surface area contributed by atoms with E-state index in [1.807, 2.05) is 12.1 Å². The molecule has 2 saturated heterocycles. The van der Waals surface area contributed by atoms with E-state index in [1.165, 1.54) is 18.7 Å². The van der Waals surface area contributed by atoms with Gasteiger partial charge in [0.15, 0.2) is 0 Å². The van der Waals surface area contributed by atoms with Gasteiger partial charge in [-0.05, 0) is 37.2 Å². The van der Waals surface area contributed by atoms with Gasteiger partial charge in [0, 0.05) is 45.0 Å². The van der Waals surface area contributed by atoms with Crippen LogP contribution in [0.1, 0.15) is 18.9 Å². The van der Waals surface area contributed by atoms with Crippen LogP contribution >= 0.6 is 0 Å². The van der Waals surface area contributed by atoms with Crippen molar-refractivity contribution in [2.75, 3.05) is 51.1 Å².